The predicted molar refractivity (Wildman–Crippen MR) is 93.5 cm³/mol. The minimum absolute atomic E-state index is 0.0147. The van der Waals surface area contributed by atoms with E-state index in [1.165, 1.54) is 20.5 Å². The third-order valence-electron chi connectivity index (χ3n) is 4.72. The lowest BCUT2D eigenvalue weighted by Gasteiger charge is -2.38. The molecule has 0 aromatic carbocycles. The molecule has 3 rings (SSSR count). The monoisotopic (exact) mass is 386 g/mol. The molecule has 138 valence electrons. The van der Waals surface area contributed by atoms with E-state index in [0.717, 1.165) is 12.8 Å². The van der Waals surface area contributed by atoms with Crippen molar-refractivity contribution in [3.63, 3.8) is 0 Å². The van der Waals surface area contributed by atoms with E-state index in [1.807, 2.05) is 0 Å². The third-order valence-corrected chi connectivity index (χ3v) is 7.99. The number of piperidine rings is 1. The molecule has 1 atom stereocenters. The number of nitrogens with zero attached hydrogens (tertiary/aromatic N) is 3. The number of thiophene rings is 1. The number of piperazine rings is 1. The third kappa shape index (κ3) is 3.80. The fourth-order valence-electron chi connectivity index (χ4n) is 3.32. The van der Waals surface area contributed by atoms with Gasteiger partial charge in [0.25, 0.3) is 10.0 Å². The molecular weight excluding hydrogens is 364 g/mol. The van der Waals surface area contributed by atoms with Gasteiger partial charge in [-0.25, -0.2) is 13.2 Å². The van der Waals surface area contributed by atoms with Crippen molar-refractivity contribution >= 4 is 33.3 Å². The van der Waals surface area contributed by atoms with Crippen molar-refractivity contribution in [2.45, 2.75) is 17.1 Å². The smallest absolute Gasteiger partial charge is 0.314 e. The Bertz CT molecular complexity index is 727. The average molecular weight is 386 g/mol. The van der Waals surface area contributed by atoms with Crippen LogP contribution in [-0.4, -0.2) is 73.7 Å². The minimum Gasteiger partial charge on any atom is -0.351 e. The summed E-state index contributed by atoms with van der Waals surface area (Å²) < 4.78 is 26.8. The highest BCUT2D eigenvalue weighted by molar-refractivity contribution is 7.91. The van der Waals surface area contributed by atoms with Gasteiger partial charge < -0.3 is 15.5 Å². The van der Waals surface area contributed by atoms with Crippen LogP contribution in [0.4, 0.5) is 4.79 Å². The van der Waals surface area contributed by atoms with Crippen LogP contribution in [0.2, 0.25) is 0 Å². The predicted octanol–water partition coefficient (Wildman–Crippen LogP) is 0.372. The highest BCUT2D eigenvalue weighted by Crippen LogP contribution is 2.24. The maximum Gasteiger partial charge on any atom is 0.314 e. The lowest BCUT2D eigenvalue weighted by Crippen LogP contribution is -2.54. The quantitative estimate of drug-likeness (QED) is 0.810. The van der Waals surface area contributed by atoms with E-state index in [0.29, 0.717) is 30.4 Å². The number of likely N-dealkylation sites (tertiary alicyclic amines) is 1. The van der Waals surface area contributed by atoms with E-state index < -0.39 is 16.1 Å². The van der Waals surface area contributed by atoms with Gasteiger partial charge in [-0.05, 0) is 24.3 Å². The van der Waals surface area contributed by atoms with Crippen LogP contribution in [0.15, 0.2) is 21.7 Å². The molecule has 2 aliphatic rings. The van der Waals surface area contributed by atoms with Crippen molar-refractivity contribution in [2.24, 2.45) is 11.7 Å². The number of urea groups is 1. The molecule has 0 unspecified atom stereocenters. The molecule has 2 fully saturated rings. The minimum atomic E-state index is -3.47. The van der Waals surface area contributed by atoms with E-state index in [2.05, 4.69) is 0 Å². The van der Waals surface area contributed by atoms with Gasteiger partial charge in [0, 0.05) is 39.3 Å². The Balaban J connectivity index is 1.59. The van der Waals surface area contributed by atoms with E-state index in [1.54, 1.807) is 22.4 Å². The van der Waals surface area contributed by atoms with Gasteiger partial charge in [-0.3, -0.25) is 4.79 Å². The first kappa shape index (κ1) is 18.2. The summed E-state index contributed by atoms with van der Waals surface area (Å²) in [4.78, 5) is 27.2. The summed E-state index contributed by atoms with van der Waals surface area (Å²) in [5.74, 6) is -0.263. The molecule has 3 heterocycles. The van der Waals surface area contributed by atoms with E-state index in [-0.39, 0.29) is 24.9 Å². The van der Waals surface area contributed by atoms with E-state index in [4.69, 9.17) is 5.73 Å². The van der Waals surface area contributed by atoms with Gasteiger partial charge in [0.1, 0.15) is 4.21 Å². The van der Waals surface area contributed by atoms with Gasteiger partial charge in [0.2, 0.25) is 5.91 Å². The summed E-state index contributed by atoms with van der Waals surface area (Å²) in [5.41, 5.74) is 5.31. The SMILES string of the molecule is NC(=O)N1CCC[C@H](C(=O)N2CCN(S(=O)(=O)c3cccs3)CC2)C1. The van der Waals surface area contributed by atoms with Crippen molar-refractivity contribution in [3.05, 3.63) is 17.5 Å². The normalized spacial score (nSPS) is 22.8. The Hall–Kier alpha value is -1.65. The molecule has 1 aromatic heterocycles. The first-order valence-electron chi connectivity index (χ1n) is 8.26. The van der Waals surface area contributed by atoms with Gasteiger partial charge in [0.15, 0.2) is 0 Å². The van der Waals surface area contributed by atoms with Gasteiger partial charge in [-0.15, -0.1) is 11.3 Å². The molecule has 25 heavy (non-hydrogen) atoms. The van der Waals surface area contributed by atoms with Crippen molar-refractivity contribution < 1.29 is 18.0 Å². The molecule has 1 aromatic rings. The Morgan fingerprint density at radius 3 is 2.44 bits per heavy atom. The van der Waals surface area contributed by atoms with Crippen LogP contribution < -0.4 is 5.73 Å². The summed E-state index contributed by atoms with van der Waals surface area (Å²) in [6.07, 6.45) is 1.49. The van der Waals surface area contributed by atoms with Crippen LogP contribution >= 0.6 is 11.3 Å². The zero-order valence-corrected chi connectivity index (χ0v) is 15.5. The Labute approximate surface area is 151 Å². The van der Waals surface area contributed by atoms with Gasteiger partial charge in [-0.1, -0.05) is 6.07 Å². The standard InChI is InChI=1S/C15H22N4O4S2/c16-15(21)18-5-1-3-12(11-18)14(20)17-6-8-19(9-7-17)25(22,23)13-4-2-10-24-13/h2,4,10,12H,1,3,5-9,11H2,(H2,16,21)/t12-/m0/s1. The Morgan fingerprint density at radius 2 is 1.84 bits per heavy atom. The highest BCUT2D eigenvalue weighted by atomic mass is 32.2. The molecule has 8 nitrogen and oxygen atoms in total. The summed E-state index contributed by atoms with van der Waals surface area (Å²) in [7, 11) is -3.47. The second-order valence-electron chi connectivity index (χ2n) is 6.28. The zero-order chi connectivity index (χ0) is 18.0. The number of sulfonamides is 1. The van der Waals surface area contributed by atoms with Crippen LogP contribution in [0, 0.1) is 5.92 Å². The number of carbonyl (C=O) groups is 2. The number of nitrogens with two attached hydrogens (primary N) is 1. The summed E-state index contributed by atoms with van der Waals surface area (Å²) in [6, 6.07) is 2.81. The van der Waals surface area contributed by atoms with Crippen molar-refractivity contribution in [1.82, 2.24) is 14.1 Å². The molecule has 2 N–H and O–H groups in total. The summed E-state index contributed by atoms with van der Waals surface area (Å²) in [5, 5.41) is 1.74. The topological polar surface area (TPSA) is 104 Å². The summed E-state index contributed by atoms with van der Waals surface area (Å²) >= 11 is 1.20. The Morgan fingerprint density at radius 1 is 1.12 bits per heavy atom. The fourth-order valence-corrected chi connectivity index (χ4v) is 5.89. The van der Waals surface area contributed by atoms with E-state index in [9.17, 15) is 18.0 Å². The van der Waals surface area contributed by atoms with Crippen molar-refractivity contribution in [2.75, 3.05) is 39.3 Å². The maximum atomic E-state index is 12.7. The zero-order valence-electron chi connectivity index (χ0n) is 13.8. The number of hydrogen-bond acceptors (Lipinski definition) is 5. The maximum absolute atomic E-state index is 12.7. The lowest BCUT2D eigenvalue weighted by molar-refractivity contribution is -0.138. The largest absolute Gasteiger partial charge is 0.351 e. The molecule has 2 aliphatic heterocycles. The first-order valence-corrected chi connectivity index (χ1v) is 10.6. The molecule has 0 spiro atoms. The van der Waals surface area contributed by atoms with Crippen LogP contribution in [0.1, 0.15) is 12.8 Å². The molecule has 2 saturated heterocycles. The first-order chi connectivity index (χ1) is 11.9. The van der Waals surface area contributed by atoms with Gasteiger partial charge in [-0.2, -0.15) is 4.31 Å². The highest BCUT2D eigenvalue weighted by Gasteiger charge is 2.34. The van der Waals surface area contributed by atoms with Gasteiger partial charge in [0.05, 0.1) is 5.92 Å². The van der Waals surface area contributed by atoms with Crippen molar-refractivity contribution in [3.8, 4) is 0 Å². The second-order valence-corrected chi connectivity index (χ2v) is 9.40. The summed E-state index contributed by atoms with van der Waals surface area (Å²) in [6.45, 7) is 2.26. The van der Waals surface area contributed by atoms with Crippen molar-refractivity contribution in [1.29, 1.82) is 0 Å². The van der Waals surface area contributed by atoms with Gasteiger partial charge >= 0.3 is 6.03 Å². The molecule has 0 aliphatic carbocycles. The van der Waals surface area contributed by atoms with Crippen LogP contribution in [0.5, 0.6) is 0 Å². The number of carbonyl (C=O) groups excluding carboxylic acids is 2. The Kier molecular flexibility index (Phi) is 5.30. The number of hydrogen-bond donors (Lipinski definition) is 1. The molecule has 10 heteroatoms. The number of amides is 3. The second kappa shape index (κ2) is 7.30. The average Bonchev–Trinajstić information content (AvgIpc) is 3.17. The lowest BCUT2D eigenvalue weighted by atomic mass is 9.96. The number of primary amides is 1. The van der Waals surface area contributed by atoms with Crippen LogP contribution in [0.25, 0.3) is 0 Å². The van der Waals surface area contributed by atoms with Crippen LogP contribution in [-0.2, 0) is 14.8 Å². The molecular formula is C15H22N4O4S2. The fraction of sp³-hybridized carbons (Fsp3) is 0.600. The molecule has 3 amide bonds. The van der Waals surface area contributed by atoms with E-state index >= 15 is 0 Å². The van der Waals surface area contributed by atoms with Crippen LogP contribution in [0.3, 0.4) is 0 Å². The number of rotatable bonds is 3. The molecule has 0 radical (unpaired) electrons. The molecule has 0 bridgehead atoms. The molecule has 0 saturated carbocycles.